The van der Waals surface area contributed by atoms with E-state index in [1.54, 1.807) is 0 Å². The predicted octanol–water partition coefficient (Wildman–Crippen LogP) is 6.38. The normalized spacial score (nSPS) is 19.8. The van der Waals surface area contributed by atoms with Gasteiger partial charge in [0.15, 0.2) is 6.23 Å². The molecule has 2 fully saturated rings. The first kappa shape index (κ1) is 23.9. The number of hydrogen-bond donors (Lipinski definition) is 0. The number of aromatic nitrogens is 2. The van der Waals surface area contributed by atoms with E-state index >= 15 is 0 Å². The van der Waals surface area contributed by atoms with E-state index in [4.69, 9.17) is 14.6 Å². The fourth-order valence-corrected chi connectivity index (χ4v) is 5.49. The van der Waals surface area contributed by atoms with Crippen LogP contribution in [0.15, 0.2) is 42.6 Å². The van der Waals surface area contributed by atoms with E-state index in [-0.39, 0.29) is 18.1 Å². The highest BCUT2D eigenvalue weighted by Crippen LogP contribution is 2.39. The van der Waals surface area contributed by atoms with E-state index in [2.05, 4.69) is 36.1 Å². The Morgan fingerprint density at radius 3 is 2.57 bits per heavy atom. The maximum absolute atomic E-state index is 13.3. The number of rotatable bonds is 4. The lowest BCUT2D eigenvalue weighted by Crippen LogP contribution is -2.33. The Labute approximate surface area is 208 Å². The van der Waals surface area contributed by atoms with E-state index in [1.807, 2.05) is 43.8 Å². The van der Waals surface area contributed by atoms with E-state index < -0.39 is 5.60 Å². The molecule has 0 aliphatic carbocycles. The second-order valence-corrected chi connectivity index (χ2v) is 11.0. The molecule has 2 saturated heterocycles. The zero-order valence-electron chi connectivity index (χ0n) is 21.4. The largest absolute Gasteiger partial charge is 0.456 e. The zero-order valence-corrected chi connectivity index (χ0v) is 21.4. The third kappa shape index (κ3) is 5.08. The van der Waals surface area contributed by atoms with Gasteiger partial charge >= 0.3 is 5.97 Å². The molecule has 0 saturated carbocycles. The molecule has 1 atom stereocenters. The summed E-state index contributed by atoms with van der Waals surface area (Å²) in [5, 5.41) is 5.80. The highest BCUT2D eigenvalue weighted by molar-refractivity contribution is 5.98. The molecule has 2 aliphatic heterocycles. The highest BCUT2D eigenvalue weighted by Gasteiger charge is 2.30. The topological polar surface area (TPSA) is 56.6 Å². The van der Waals surface area contributed by atoms with Crippen LogP contribution in [-0.2, 0) is 9.47 Å². The summed E-state index contributed by atoms with van der Waals surface area (Å²) in [6.07, 6.45) is 7.07. The molecule has 0 radical (unpaired) electrons. The molecule has 6 heteroatoms. The summed E-state index contributed by atoms with van der Waals surface area (Å²) in [6.45, 7) is 10.6. The minimum absolute atomic E-state index is 0.0374. The first-order valence-electron chi connectivity index (χ1n) is 13.0. The summed E-state index contributed by atoms with van der Waals surface area (Å²) < 4.78 is 13.9. The van der Waals surface area contributed by atoms with Crippen molar-refractivity contribution in [3.63, 3.8) is 0 Å². The van der Waals surface area contributed by atoms with Crippen LogP contribution in [0.1, 0.15) is 86.5 Å². The van der Waals surface area contributed by atoms with E-state index in [1.165, 1.54) is 11.3 Å². The van der Waals surface area contributed by atoms with Crippen molar-refractivity contribution in [1.82, 2.24) is 9.78 Å². The number of piperidine rings is 1. The summed E-state index contributed by atoms with van der Waals surface area (Å²) in [5.41, 5.74) is 4.81. The molecule has 2 aromatic carbocycles. The van der Waals surface area contributed by atoms with Gasteiger partial charge in [-0.05, 0) is 101 Å². The number of ether oxygens (including phenoxy) is 2. The van der Waals surface area contributed by atoms with Crippen molar-refractivity contribution in [2.24, 2.45) is 0 Å². The summed E-state index contributed by atoms with van der Waals surface area (Å²) in [4.78, 5) is 15.8. The fraction of sp³-hybridized carbons (Fsp3) is 0.517. The van der Waals surface area contributed by atoms with Crippen molar-refractivity contribution >= 4 is 22.6 Å². The quantitative estimate of drug-likeness (QED) is 0.410. The predicted molar refractivity (Wildman–Crippen MR) is 139 cm³/mol. The number of anilines is 1. The van der Waals surface area contributed by atoms with Crippen LogP contribution in [0.3, 0.4) is 0 Å². The van der Waals surface area contributed by atoms with E-state index in [9.17, 15) is 4.79 Å². The molecule has 3 aromatic rings. The third-order valence-electron chi connectivity index (χ3n) is 7.14. The van der Waals surface area contributed by atoms with Gasteiger partial charge in [-0.1, -0.05) is 12.1 Å². The maximum atomic E-state index is 13.3. The summed E-state index contributed by atoms with van der Waals surface area (Å²) in [7, 11) is 0. The van der Waals surface area contributed by atoms with Crippen LogP contribution in [0.25, 0.3) is 10.9 Å². The van der Waals surface area contributed by atoms with Crippen molar-refractivity contribution in [3.8, 4) is 0 Å². The first-order chi connectivity index (χ1) is 16.8. The van der Waals surface area contributed by atoms with Gasteiger partial charge in [0.25, 0.3) is 0 Å². The van der Waals surface area contributed by atoms with E-state index in [0.29, 0.717) is 5.56 Å². The molecule has 35 heavy (non-hydrogen) atoms. The molecule has 186 valence electrons. The monoisotopic (exact) mass is 475 g/mol. The van der Waals surface area contributed by atoms with Gasteiger partial charge in [-0.2, -0.15) is 5.10 Å². The molecule has 1 aromatic heterocycles. The van der Waals surface area contributed by atoms with Crippen LogP contribution in [0, 0.1) is 6.92 Å². The Morgan fingerprint density at radius 2 is 1.89 bits per heavy atom. The molecular formula is C29H37N3O3. The molecule has 0 bridgehead atoms. The van der Waals surface area contributed by atoms with Gasteiger partial charge in [0, 0.05) is 30.8 Å². The van der Waals surface area contributed by atoms with Crippen LogP contribution >= 0.6 is 0 Å². The third-order valence-corrected chi connectivity index (χ3v) is 7.14. The summed E-state index contributed by atoms with van der Waals surface area (Å²) in [6, 6.07) is 12.7. The number of nitrogens with zero attached hydrogens (tertiary/aromatic N) is 3. The van der Waals surface area contributed by atoms with Gasteiger partial charge in [-0.25, -0.2) is 9.48 Å². The highest BCUT2D eigenvalue weighted by atomic mass is 16.6. The van der Waals surface area contributed by atoms with Crippen molar-refractivity contribution in [1.29, 1.82) is 0 Å². The van der Waals surface area contributed by atoms with Crippen molar-refractivity contribution in [2.75, 3.05) is 24.6 Å². The Hall–Kier alpha value is -2.86. The van der Waals surface area contributed by atoms with Crippen molar-refractivity contribution in [3.05, 3.63) is 59.3 Å². The van der Waals surface area contributed by atoms with Crippen LogP contribution in [-0.4, -0.2) is 41.0 Å². The van der Waals surface area contributed by atoms with Gasteiger partial charge < -0.3 is 14.4 Å². The number of carbonyl (C=O) groups is 1. The number of carbonyl (C=O) groups excluding carboxylic acids is 1. The first-order valence-corrected chi connectivity index (χ1v) is 13.0. The minimum Gasteiger partial charge on any atom is -0.456 e. The second-order valence-electron chi connectivity index (χ2n) is 11.0. The molecule has 0 amide bonds. The van der Waals surface area contributed by atoms with Gasteiger partial charge in [0.05, 0.1) is 17.3 Å². The molecule has 2 aliphatic rings. The average Bonchev–Trinajstić information content (AvgIpc) is 3.27. The van der Waals surface area contributed by atoms with Crippen LogP contribution in [0.4, 0.5) is 5.69 Å². The Morgan fingerprint density at radius 1 is 1.09 bits per heavy atom. The molecule has 1 unspecified atom stereocenters. The minimum atomic E-state index is -0.544. The molecule has 3 heterocycles. The van der Waals surface area contributed by atoms with Gasteiger partial charge in [-0.3, -0.25) is 0 Å². The van der Waals surface area contributed by atoms with Crippen molar-refractivity contribution < 1.29 is 14.3 Å². The second kappa shape index (κ2) is 9.65. The molecule has 0 N–H and O–H groups in total. The maximum Gasteiger partial charge on any atom is 0.338 e. The number of hydrogen-bond acceptors (Lipinski definition) is 5. The van der Waals surface area contributed by atoms with E-state index in [0.717, 1.165) is 68.3 Å². The number of aryl methyl sites for hydroxylation is 1. The van der Waals surface area contributed by atoms with Crippen molar-refractivity contribution in [2.45, 2.75) is 77.5 Å². The lowest BCUT2D eigenvalue weighted by atomic mass is 9.84. The summed E-state index contributed by atoms with van der Waals surface area (Å²) >= 11 is 0. The lowest BCUT2D eigenvalue weighted by molar-refractivity contribution is -0.0366. The number of fused-ring (bicyclic) bond motifs is 1. The van der Waals surface area contributed by atoms with Crippen LogP contribution in [0.5, 0.6) is 0 Å². The van der Waals surface area contributed by atoms with Gasteiger partial charge in [-0.15, -0.1) is 0 Å². The lowest BCUT2D eigenvalue weighted by Gasteiger charge is -2.35. The average molecular weight is 476 g/mol. The van der Waals surface area contributed by atoms with Gasteiger partial charge in [0.1, 0.15) is 5.60 Å². The smallest absolute Gasteiger partial charge is 0.338 e. The SMILES string of the molecule is Cc1cccc(N2CCC(c3c(C(=O)OC(C)(C)C)ccc4c3cnn4C3CCCCO3)CC2)c1. The van der Waals surface area contributed by atoms with Crippen LogP contribution < -0.4 is 4.90 Å². The van der Waals surface area contributed by atoms with Gasteiger partial charge in [0.2, 0.25) is 0 Å². The Balaban J connectivity index is 1.49. The van der Waals surface area contributed by atoms with Crippen LogP contribution in [0.2, 0.25) is 0 Å². The molecular weight excluding hydrogens is 438 g/mol. The number of benzene rings is 2. The molecule has 5 rings (SSSR count). The number of esters is 1. The Bertz CT molecular complexity index is 1200. The molecule has 0 spiro atoms. The Kier molecular flexibility index (Phi) is 6.58. The molecule has 6 nitrogen and oxygen atoms in total. The zero-order chi connectivity index (χ0) is 24.6. The standard InChI is InChI=1S/C29H37N3O3/c1-20-8-7-9-22(18-20)31-15-13-21(14-16-31)27-23(28(33)35-29(2,3)4)11-12-25-24(27)19-30-32(25)26-10-5-6-17-34-26/h7-9,11-12,18-19,21,26H,5-6,10,13-17H2,1-4H3. The summed E-state index contributed by atoms with van der Waals surface area (Å²) in [5.74, 6) is 0.0179. The fourth-order valence-electron chi connectivity index (χ4n) is 5.49.